The molecule has 0 bridgehead atoms. The van der Waals surface area contributed by atoms with Crippen molar-refractivity contribution < 1.29 is 9.53 Å². The summed E-state index contributed by atoms with van der Waals surface area (Å²) in [6.45, 7) is 8.42. The van der Waals surface area contributed by atoms with Gasteiger partial charge in [0.25, 0.3) is 0 Å². The van der Waals surface area contributed by atoms with Crippen LogP contribution in [0, 0.1) is 5.92 Å². The van der Waals surface area contributed by atoms with Crippen LogP contribution in [0.3, 0.4) is 0 Å². The fourth-order valence-corrected chi connectivity index (χ4v) is 2.60. The molecule has 1 amide bonds. The molecule has 1 heterocycles. The summed E-state index contributed by atoms with van der Waals surface area (Å²) in [6.07, 6.45) is 1.80. The third-order valence-corrected chi connectivity index (χ3v) is 3.65. The van der Waals surface area contributed by atoms with Gasteiger partial charge in [-0.2, -0.15) is 0 Å². The Morgan fingerprint density at radius 2 is 2.19 bits per heavy atom. The first-order valence-electron chi connectivity index (χ1n) is 7.90. The standard InChI is InChI=1S/C17H26N2O2/c1-4-10-18-15-9-11-19(17(20)21-12-13(2)3)16-8-6-5-7-14(15)16/h5-8,13,15,18H,4,9-12H2,1-3H3. The molecule has 1 atom stereocenters. The summed E-state index contributed by atoms with van der Waals surface area (Å²) < 4.78 is 5.38. The monoisotopic (exact) mass is 290 g/mol. The van der Waals surface area contributed by atoms with E-state index in [-0.39, 0.29) is 6.09 Å². The van der Waals surface area contributed by atoms with E-state index < -0.39 is 0 Å². The van der Waals surface area contributed by atoms with E-state index in [9.17, 15) is 4.79 Å². The lowest BCUT2D eigenvalue weighted by Gasteiger charge is -2.34. The number of carbonyl (C=O) groups is 1. The number of nitrogens with one attached hydrogen (secondary N) is 1. The number of nitrogens with zero attached hydrogens (tertiary/aromatic N) is 1. The fourth-order valence-electron chi connectivity index (χ4n) is 2.60. The van der Waals surface area contributed by atoms with Crippen LogP contribution in [-0.4, -0.2) is 25.8 Å². The molecule has 1 aliphatic heterocycles. The number of fused-ring (bicyclic) bond motifs is 1. The van der Waals surface area contributed by atoms with Crippen LogP contribution in [0.25, 0.3) is 0 Å². The maximum absolute atomic E-state index is 12.3. The van der Waals surface area contributed by atoms with Crippen LogP contribution in [0.1, 0.15) is 45.2 Å². The number of amides is 1. The second-order valence-electron chi connectivity index (χ2n) is 5.98. The van der Waals surface area contributed by atoms with Crippen molar-refractivity contribution in [1.82, 2.24) is 5.32 Å². The molecule has 21 heavy (non-hydrogen) atoms. The highest BCUT2D eigenvalue weighted by Crippen LogP contribution is 2.33. The predicted molar refractivity (Wildman–Crippen MR) is 85.6 cm³/mol. The SMILES string of the molecule is CCCNC1CCN(C(=O)OCC(C)C)c2ccccc21. The first-order chi connectivity index (χ1) is 10.1. The lowest BCUT2D eigenvalue weighted by atomic mass is 9.96. The Hall–Kier alpha value is -1.55. The second-order valence-corrected chi connectivity index (χ2v) is 5.98. The molecule has 4 heteroatoms. The van der Waals surface area contributed by atoms with Gasteiger partial charge in [0.1, 0.15) is 0 Å². The van der Waals surface area contributed by atoms with E-state index in [1.54, 1.807) is 4.90 Å². The van der Waals surface area contributed by atoms with Gasteiger partial charge in [0.2, 0.25) is 0 Å². The van der Waals surface area contributed by atoms with Gasteiger partial charge in [-0.05, 0) is 36.9 Å². The number of ether oxygens (including phenoxy) is 1. The third kappa shape index (κ3) is 3.97. The summed E-state index contributed by atoms with van der Waals surface area (Å²) in [6, 6.07) is 8.44. The van der Waals surface area contributed by atoms with E-state index in [1.165, 1.54) is 5.56 Å². The smallest absolute Gasteiger partial charge is 0.414 e. The number of anilines is 1. The van der Waals surface area contributed by atoms with Gasteiger partial charge in [-0.25, -0.2) is 4.79 Å². The summed E-state index contributed by atoms with van der Waals surface area (Å²) in [5.41, 5.74) is 2.17. The minimum atomic E-state index is -0.231. The lowest BCUT2D eigenvalue weighted by molar-refractivity contribution is 0.139. The average Bonchev–Trinajstić information content (AvgIpc) is 2.50. The number of benzene rings is 1. The molecule has 2 rings (SSSR count). The maximum atomic E-state index is 12.3. The molecule has 0 aromatic heterocycles. The summed E-state index contributed by atoms with van der Waals surface area (Å²) in [5, 5.41) is 3.56. The first kappa shape index (κ1) is 15.8. The van der Waals surface area contributed by atoms with Crippen LogP contribution < -0.4 is 10.2 Å². The van der Waals surface area contributed by atoms with Crippen molar-refractivity contribution in [3.63, 3.8) is 0 Å². The van der Waals surface area contributed by atoms with Crippen LogP contribution in [0.15, 0.2) is 24.3 Å². The summed E-state index contributed by atoms with van der Waals surface area (Å²) in [7, 11) is 0. The third-order valence-electron chi connectivity index (χ3n) is 3.65. The zero-order chi connectivity index (χ0) is 15.2. The zero-order valence-electron chi connectivity index (χ0n) is 13.3. The molecule has 1 aliphatic rings. The van der Waals surface area contributed by atoms with Gasteiger partial charge < -0.3 is 10.1 Å². The molecule has 0 spiro atoms. The van der Waals surface area contributed by atoms with Crippen molar-refractivity contribution in [2.24, 2.45) is 5.92 Å². The van der Waals surface area contributed by atoms with Crippen LogP contribution in [0.4, 0.5) is 10.5 Å². The maximum Gasteiger partial charge on any atom is 0.414 e. The number of hydrogen-bond donors (Lipinski definition) is 1. The van der Waals surface area contributed by atoms with Gasteiger partial charge in [0.15, 0.2) is 0 Å². The van der Waals surface area contributed by atoms with Gasteiger partial charge >= 0.3 is 6.09 Å². The van der Waals surface area contributed by atoms with Gasteiger partial charge in [0, 0.05) is 12.6 Å². The van der Waals surface area contributed by atoms with Gasteiger partial charge in [-0.1, -0.05) is 39.0 Å². The van der Waals surface area contributed by atoms with Gasteiger partial charge in [-0.15, -0.1) is 0 Å². The molecule has 4 nitrogen and oxygen atoms in total. The minimum absolute atomic E-state index is 0.231. The number of rotatable bonds is 5. The van der Waals surface area contributed by atoms with Crippen molar-refractivity contribution in [2.75, 3.05) is 24.6 Å². The van der Waals surface area contributed by atoms with Crippen molar-refractivity contribution in [3.8, 4) is 0 Å². The molecule has 0 fully saturated rings. The zero-order valence-corrected chi connectivity index (χ0v) is 13.3. The van der Waals surface area contributed by atoms with Crippen molar-refractivity contribution in [1.29, 1.82) is 0 Å². The molecular weight excluding hydrogens is 264 g/mol. The molecule has 116 valence electrons. The van der Waals surface area contributed by atoms with Gasteiger partial charge in [-0.3, -0.25) is 4.90 Å². The van der Waals surface area contributed by atoms with E-state index in [4.69, 9.17) is 4.74 Å². The highest BCUT2D eigenvalue weighted by atomic mass is 16.6. The topological polar surface area (TPSA) is 41.6 Å². The molecule has 0 saturated heterocycles. The van der Waals surface area contributed by atoms with Crippen LogP contribution in [0.5, 0.6) is 0 Å². The Morgan fingerprint density at radius 3 is 2.90 bits per heavy atom. The normalized spacial score (nSPS) is 17.7. The van der Waals surface area contributed by atoms with E-state index in [0.29, 0.717) is 25.1 Å². The summed E-state index contributed by atoms with van der Waals surface area (Å²) in [4.78, 5) is 14.0. The second kappa shape index (κ2) is 7.46. The summed E-state index contributed by atoms with van der Waals surface area (Å²) in [5.74, 6) is 0.355. The van der Waals surface area contributed by atoms with Crippen molar-refractivity contribution >= 4 is 11.8 Å². The van der Waals surface area contributed by atoms with E-state index in [1.807, 2.05) is 32.0 Å². The van der Waals surface area contributed by atoms with Crippen LogP contribution in [0.2, 0.25) is 0 Å². The Morgan fingerprint density at radius 1 is 1.43 bits per heavy atom. The molecule has 1 N–H and O–H groups in total. The molecule has 1 unspecified atom stereocenters. The van der Waals surface area contributed by atoms with E-state index >= 15 is 0 Å². The van der Waals surface area contributed by atoms with E-state index in [0.717, 1.165) is 25.1 Å². The number of carbonyl (C=O) groups excluding carboxylic acids is 1. The number of hydrogen-bond acceptors (Lipinski definition) is 3. The molecule has 1 aromatic rings. The van der Waals surface area contributed by atoms with Crippen molar-refractivity contribution in [3.05, 3.63) is 29.8 Å². The highest BCUT2D eigenvalue weighted by molar-refractivity contribution is 5.89. The molecule has 1 aromatic carbocycles. The Kier molecular flexibility index (Phi) is 5.62. The van der Waals surface area contributed by atoms with Crippen molar-refractivity contribution in [2.45, 2.75) is 39.7 Å². The average molecular weight is 290 g/mol. The molecular formula is C17H26N2O2. The lowest BCUT2D eigenvalue weighted by Crippen LogP contribution is -2.40. The molecule has 0 saturated carbocycles. The minimum Gasteiger partial charge on any atom is -0.449 e. The largest absolute Gasteiger partial charge is 0.449 e. The number of para-hydroxylation sites is 1. The quantitative estimate of drug-likeness (QED) is 0.898. The van der Waals surface area contributed by atoms with E-state index in [2.05, 4.69) is 18.3 Å². The fraction of sp³-hybridized carbons (Fsp3) is 0.588. The first-order valence-corrected chi connectivity index (χ1v) is 7.90. The Bertz CT molecular complexity index is 474. The predicted octanol–water partition coefficient (Wildman–Crippen LogP) is 3.73. The van der Waals surface area contributed by atoms with Crippen LogP contribution in [-0.2, 0) is 4.74 Å². The van der Waals surface area contributed by atoms with Gasteiger partial charge in [0.05, 0.1) is 12.3 Å². The highest BCUT2D eigenvalue weighted by Gasteiger charge is 2.28. The Labute approximate surface area is 127 Å². The Balaban J connectivity index is 2.13. The van der Waals surface area contributed by atoms with Crippen LogP contribution >= 0.6 is 0 Å². The molecule has 0 aliphatic carbocycles. The molecule has 0 radical (unpaired) electrons. The summed E-state index contributed by atoms with van der Waals surface area (Å²) >= 11 is 0.